The van der Waals surface area contributed by atoms with E-state index < -0.39 is 60.2 Å². The van der Waals surface area contributed by atoms with Gasteiger partial charge in [0.25, 0.3) is 0 Å². The molecule has 0 aliphatic carbocycles. The van der Waals surface area contributed by atoms with Gasteiger partial charge in [-0.1, -0.05) is 0 Å². The first-order valence-electron chi connectivity index (χ1n) is 11.8. The Labute approximate surface area is 218 Å². The molecule has 0 N–H and O–H groups in total. The quantitative estimate of drug-likeness (QED) is 0.290. The third-order valence-corrected chi connectivity index (χ3v) is 6.01. The van der Waals surface area contributed by atoms with Crippen LogP contribution in [0.15, 0.2) is 21.3 Å². The largest absolute Gasteiger partial charge is 0.463 e. The fourth-order valence-corrected chi connectivity index (χ4v) is 4.16. The van der Waals surface area contributed by atoms with Gasteiger partial charge in [0, 0.05) is 44.2 Å². The molecule has 0 radical (unpaired) electrons. The summed E-state index contributed by atoms with van der Waals surface area (Å²) >= 11 is 0. The smallest absolute Gasteiger partial charge is 0.339 e. The van der Waals surface area contributed by atoms with Gasteiger partial charge in [0.1, 0.15) is 24.0 Å². The summed E-state index contributed by atoms with van der Waals surface area (Å²) in [5, 5.41) is 0.702. The number of hydrogen-bond donors (Lipinski definition) is 0. The molecule has 12 heteroatoms. The fraction of sp³-hybridized carbons (Fsp3) is 0.500. The lowest BCUT2D eigenvalue weighted by Gasteiger charge is -2.44. The predicted octanol–water partition coefficient (Wildman–Crippen LogP) is 2.18. The number of fused-ring (bicyclic) bond motifs is 1. The molecule has 1 aliphatic heterocycles. The molecule has 3 rings (SSSR count). The molecular formula is C26H30O12. The Bertz CT molecular complexity index is 1310. The van der Waals surface area contributed by atoms with E-state index in [0.717, 1.165) is 26.3 Å². The molecule has 12 nitrogen and oxygen atoms in total. The van der Waals surface area contributed by atoms with E-state index in [9.17, 15) is 24.0 Å². The summed E-state index contributed by atoms with van der Waals surface area (Å²) in [5.41, 5.74) is 1.47. The fourth-order valence-electron chi connectivity index (χ4n) is 4.16. The highest BCUT2D eigenvalue weighted by Gasteiger charge is 2.53. The second kappa shape index (κ2) is 11.6. The van der Waals surface area contributed by atoms with Gasteiger partial charge >= 0.3 is 29.5 Å². The van der Waals surface area contributed by atoms with Crippen LogP contribution in [0.4, 0.5) is 0 Å². The van der Waals surface area contributed by atoms with Crippen LogP contribution in [-0.2, 0) is 42.9 Å². The Kier molecular flexibility index (Phi) is 8.77. The Hall–Kier alpha value is -3.93. The Morgan fingerprint density at radius 3 is 1.92 bits per heavy atom. The van der Waals surface area contributed by atoms with Crippen LogP contribution in [0.5, 0.6) is 5.75 Å². The summed E-state index contributed by atoms with van der Waals surface area (Å²) in [5.74, 6) is -2.67. The Morgan fingerprint density at radius 1 is 0.763 bits per heavy atom. The molecule has 2 aromatic rings. The topological polar surface area (TPSA) is 154 Å². The number of aryl methyl sites for hydroxylation is 2. The van der Waals surface area contributed by atoms with Gasteiger partial charge in [0.2, 0.25) is 12.4 Å². The van der Waals surface area contributed by atoms with E-state index in [4.69, 9.17) is 32.8 Å². The van der Waals surface area contributed by atoms with E-state index in [1.807, 2.05) is 0 Å². The van der Waals surface area contributed by atoms with Crippen molar-refractivity contribution >= 4 is 34.8 Å². The van der Waals surface area contributed by atoms with Gasteiger partial charge in [-0.05, 0) is 38.5 Å². The van der Waals surface area contributed by atoms with E-state index in [0.29, 0.717) is 22.1 Å². The summed E-state index contributed by atoms with van der Waals surface area (Å²) < 4.78 is 38.8. The van der Waals surface area contributed by atoms with Gasteiger partial charge in [-0.15, -0.1) is 0 Å². The summed E-state index contributed by atoms with van der Waals surface area (Å²) in [6.45, 7) is 9.32. The lowest BCUT2D eigenvalue weighted by atomic mass is 9.98. The van der Waals surface area contributed by atoms with Crippen LogP contribution in [0, 0.1) is 20.8 Å². The number of ether oxygens (including phenoxy) is 6. The van der Waals surface area contributed by atoms with Gasteiger partial charge in [0.05, 0.1) is 0 Å². The second-order valence-electron chi connectivity index (χ2n) is 8.89. The molecule has 5 atom stereocenters. The van der Waals surface area contributed by atoms with Gasteiger partial charge in [0.15, 0.2) is 12.2 Å². The molecule has 2 heterocycles. The molecule has 1 fully saturated rings. The summed E-state index contributed by atoms with van der Waals surface area (Å²) in [4.78, 5) is 59.7. The number of hydrogen-bond acceptors (Lipinski definition) is 12. The van der Waals surface area contributed by atoms with Crippen molar-refractivity contribution in [2.24, 2.45) is 0 Å². The molecule has 0 spiro atoms. The van der Waals surface area contributed by atoms with Crippen molar-refractivity contribution in [3.05, 3.63) is 39.2 Å². The van der Waals surface area contributed by atoms with Crippen molar-refractivity contribution in [3.8, 4) is 5.75 Å². The average Bonchev–Trinajstić information content (AvgIpc) is 2.81. The number of carbonyl (C=O) groups is 4. The van der Waals surface area contributed by atoms with Crippen molar-refractivity contribution in [2.75, 3.05) is 6.61 Å². The highest BCUT2D eigenvalue weighted by Crippen LogP contribution is 2.34. The third kappa shape index (κ3) is 6.31. The zero-order valence-corrected chi connectivity index (χ0v) is 22.1. The van der Waals surface area contributed by atoms with Crippen LogP contribution in [0.25, 0.3) is 11.0 Å². The molecule has 0 saturated carbocycles. The molecule has 1 saturated heterocycles. The Balaban J connectivity index is 2.09. The minimum atomic E-state index is -1.41. The molecule has 0 bridgehead atoms. The van der Waals surface area contributed by atoms with Crippen molar-refractivity contribution in [1.29, 1.82) is 0 Å². The lowest BCUT2D eigenvalue weighted by molar-refractivity contribution is -0.288. The summed E-state index contributed by atoms with van der Waals surface area (Å²) in [6.07, 6.45) is -6.64. The van der Waals surface area contributed by atoms with E-state index in [2.05, 4.69) is 0 Å². The van der Waals surface area contributed by atoms with Crippen molar-refractivity contribution < 1.29 is 52.0 Å². The minimum Gasteiger partial charge on any atom is -0.463 e. The maximum absolute atomic E-state index is 12.3. The molecule has 38 heavy (non-hydrogen) atoms. The first kappa shape index (κ1) is 28.6. The maximum Gasteiger partial charge on any atom is 0.339 e. The third-order valence-electron chi connectivity index (χ3n) is 6.01. The first-order valence-corrected chi connectivity index (χ1v) is 11.8. The molecule has 1 aromatic carbocycles. The first-order chi connectivity index (χ1) is 17.8. The van der Waals surface area contributed by atoms with Crippen molar-refractivity contribution in [1.82, 2.24) is 0 Å². The molecule has 1 aliphatic rings. The van der Waals surface area contributed by atoms with Crippen LogP contribution in [0.1, 0.15) is 44.4 Å². The molecule has 0 amide bonds. The number of carbonyl (C=O) groups excluding carboxylic acids is 4. The molecule has 0 unspecified atom stereocenters. The predicted molar refractivity (Wildman–Crippen MR) is 129 cm³/mol. The standard InChI is InChI=1S/C26H30O12/c1-11-12(2)25(31)38-21-13(3)19(9-8-18(11)21)36-26-24(35-17(7)30)23(34-16(6)29)22(33-15(5)28)20(37-26)10-32-14(4)27/h8-9,20,22-24,26H,10H2,1-7H3/t20-,22+,23+,24-,26-/m1/s1. The van der Waals surface area contributed by atoms with Crippen LogP contribution < -0.4 is 10.4 Å². The van der Waals surface area contributed by atoms with Gasteiger partial charge in [-0.3, -0.25) is 19.2 Å². The van der Waals surface area contributed by atoms with Crippen molar-refractivity contribution in [3.63, 3.8) is 0 Å². The monoisotopic (exact) mass is 534 g/mol. The zero-order valence-electron chi connectivity index (χ0n) is 22.1. The van der Waals surface area contributed by atoms with Crippen LogP contribution >= 0.6 is 0 Å². The normalized spacial score (nSPS) is 22.9. The Morgan fingerprint density at radius 2 is 1.34 bits per heavy atom. The SMILES string of the molecule is CC(=O)OC[C@H]1O[C@@H](Oc2ccc3c(C)c(C)c(=O)oc3c2C)[C@H](OC(C)=O)[C@@H](OC(C)=O)[C@H]1OC(C)=O. The average molecular weight is 535 g/mol. The molecule has 1 aromatic heterocycles. The van der Waals surface area contributed by atoms with Crippen LogP contribution in [0.2, 0.25) is 0 Å². The highest BCUT2D eigenvalue weighted by molar-refractivity contribution is 5.85. The molecular weight excluding hydrogens is 504 g/mol. The second-order valence-corrected chi connectivity index (χ2v) is 8.89. The lowest BCUT2D eigenvalue weighted by Crippen LogP contribution is -2.63. The van der Waals surface area contributed by atoms with Crippen molar-refractivity contribution in [2.45, 2.75) is 79.2 Å². The maximum atomic E-state index is 12.3. The number of rotatable bonds is 7. The van der Waals surface area contributed by atoms with E-state index in [-0.39, 0.29) is 12.4 Å². The van der Waals surface area contributed by atoms with Gasteiger partial charge < -0.3 is 32.8 Å². The van der Waals surface area contributed by atoms with Gasteiger partial charge in [-0.2, -0.15) is 0 Å². The number of esters is 4. The molecule has 206 valence electrons. The zero-order chi connectivity index (χ0) is 28.3. The van der Waals surface area contributed by atoms with Crippen LogP contribution in [0.3, 0.4) is 0 Å². The van der Waals surface area contributed by atoms with E-state index >= 15 is 0 Å². The minimum absolute atomic E-state index is 0.213. The van der Waals surface area contributed by atoms with Gasteiger partial charge in [-0.25, -0.2) is 4.79 Å². The summed E-state index contributed by atoms with van der Waals surface area (Å²) in [6, 6.07) is 3.33. The van der Waals surface area contributed by atoms with Crippen LogP contribution in [-0.4, -0.2) is 61.2 Å². The number of benzene rings is 1. The highest BCUT2D eigenvalue weighted by atomic mass is 16.7. The summed E-state index contributed by atoms with van der Waals surface area (Å²) in [7, 11) is 0. The van der Waals surface area contributed by atoms with E-state index in [1.165, 1.54) is 6.92 Å². The van der Waals surface area contributed by atoms with E-state index in [1.54, 1.807) is 32.9 Å².